The van der Waals surface area contributed by atoms with Crippen molar-refractivity contribution in [3.8, 4) is 11.5 Å². The number of carbonyl (C=O) groups excluding carboxylic acids is 1. The van der Waals surface area contributed by atoms with Crippen LogP contribution in [0.25, 0.3) is 11.5 Å². The van der Waals surface area contributed by atoms with Crippen LogP contribution >= 0.6 is 0 Å². The molecule has 0 spiro atoms. The zero-order valence-electron chi connectivity index (χ0n) is 15.1. The van der Waals surface area contributed by atoms with Crippen LogP contribution in [0.15, 0.2) is 22.9 Å². The number of nitrogens with zero attached hydrogens (tertiary/aromatic N) is 4. The number of rotatable bonds is 5. The van der Waals surface area contributed by atoms with Crippen LogP contribution in [0.4, 0.5) is 5.82 Å². The van der Waals surface area contributed by atoms with Crippen molar-refractivity contribution in [3.05, 3.63) is 24.2 Å². The second-order valence-corrected chi connectivity index (χ2v) is 7.64. The summed E-state index contributed by atoms with van der Waals surface area (Å²) in [5, 5.41) is 7.48. The van der Waals surface area contributed by atoms with Crippen molar-refractivity contribution in [2.75, 3.05) is 31.6 Å². The van der Waals surface area contributed by atoms with E-state index in [1.54, 1.807) is 6.20 Å². The first-order valence-electron chi connectivity index (χ1n) is 9.69. The van der Waals surface area contributed by atoms with Crippen molar-refractivity contribution in [2.24, 2.45) is 5.92 Å². The molecule has 3 aliphatic rings. The van der Waals surface area contributed by atoms with Crippen molar-refractivity contribution in [1.82, 2.24) is 20.0 Å². The number of aromatic nitrogens is 3. The second kappa shape index (κ2) is 6.92. The smallest absolute Gasteiger partial charge is 0.259 e. The SMILES string of the molecule is O=C(C1CC1)N1CCC(c2noc(-c3ccc(NC4COC4)nc3)n2)CC1. The molecule has 0 unspecified atom stereocenters. The average Bonchev–Trinajstić information content (AvgIpc) is 3.41. The monoisotopic (exact) mass is 369 g/mol. The van der Waals surface area contributed by atoms with Crippen LogP contribution in [-0.4, -0.2) is 58.3 Å². The summed E-state index contributed by atoms with van der Waals surface area (Å²) in [6, 6.07) is 4.19. The van der Waals surface area contributed by atoms with Gasteiger partial charge < -0.3 is 19.5 Å². The fraction of sp³-hybridized carbons (Fsp3) is 0.579. The lowest BCUT2D eigenvalue weighted by Crippen LogP contribution is -2.40. The number of amides is 1. The Morgan fingerprint density at radius 2 is 1.96 bits per heavy atom. The van der Waals surface area contributed by atoms with E-state index in [0.717, 1.165) is 69.2 Å². The van der Waals surface area contributed by atoms with E-state index in [1.165, 1.54) is 0 Å². The number of hydrogen-bond donors (Lipinski definition) is 1. The number of hydrogen-bond acceptors (Lipinski definition) is 7. The molecule has 0 bridgehead atoms. The first-order valence-corrected chi connectivity index (χ1v) is 9.69. The maximum Gasteiger partial charge on any atom is 0.259 e. The molecule has 5 rings (SSSR count). The van der Waals surface area contributed by atoms with Crippen LogP contribution in [0.2, 0.25) is 0 Å². The van der Waals surface area contributed by atoms with Gasteiger partial charge in [0.2, 0.25) is 5.91 Å². The van der Waals surface area contributed by atoms with Crippen molar-refractivity contribution in [2.45, 2.75) is 37.6 Å². The summed E-state index contributed by atoms with van der Waals surface area (Å²) in [6.07, 6.45) is 5.65. The number of carbonyl (C=O) groups is 1. The summed E-state index contributed by atoms with van der Waals surface area (Å²) in [5.41, 5.74) is 0.811. The lowest BCUT2D eigenvalue weighted by Gasteiger charge is -2.30. The summed E-state index contributed by atoms with van der Waals surface area (Å²) >= 11 is 0. The zero-order chi connectivity index (χ0) is 18.2. The largest absolute Gasteiger partial charge is 0.377 e. The Hall–Kier alpha value is -2.48. The Bertz CT molecular complexity index is 805. The summed E-state index contributed by atoms with van der Waals surface area (Å²) in [4.78, 5) is 23.2. The van der Waals surface area contributed by atoms with Crippen LogP contribution in [0.3, 0.4) is 0 Å². The third kappa shape index (κ3) is 3.53. The highest BCUT2D eigenvalue weighted by Gasteiger charge is 2.35. The van der Waals surface area contributed by atoms with Gasteiger partial charge in [0.15, 0.2) is 5.82 Å². The van der Waals surface area contributed by atoms with Gasteiger partial charge in [-0.3, -0.25) is 4.79 Å². The number of anilines is 1. The van der Waals surface area contributed by atoms with Gasteiger partial charge in [-0.2, -0.15) is 4.98 Å². The predicted octanol–water partition coefficient (Wildman–Crippen LogP) is 2.06. The Morgan fingerprint density at radius 3 is 2.59 bits per heavy atom. The van der Waals surface area contributed by atoms with Gasteiger partial charge in [-0.1, -0.05) is 5.16 Å². The Balaban J connectivity index is 1.20. The molecule has 2 aromatic heterocycles. The minimum atomic E-state index is 0.248. The molecule has 8 heteroatoms. The highest BCUT2D eigenvalue weighted by atomic mass is 16.5. The maximum atomic E-state index is 12.2. The number of piperidine rings is 1. The average molecular weight is 369 g/mol. The predicted molar refractivity (Wildman–Crippen MR) is 97.0 cm³/mol. The zero-order valence-corrected chi connectivity index (χ0v) is 15.1. The number of ether oxygens (including phenoxy) is 1. The highest BCUT2D eigenvalue weighted by molar-refractivity contribution is 5.81. The molecule has 2 aromatic rings. The molecule has 1 saturated carbocycles. The second-order valence-electron chi connectivity index (χ2n) is 7.64. The Kier molecular flexibility index (Phi) is 4.27. The third-order valence-electron chi connectivity index (χ3n) is 5.54. The Morgan fingerprint density at radius 1 is 1.15 bits per heavy atom. The van der Waals surface area contributed by atoms with Gasteiger partial charge in [0.05, 0.1) is 24.8 Å². The minimum Gasteiger partial charge on any atom is -0.377 e. The summed E-state index contributed by atoms with van der Waals surface area (Å²) < 4.78 is 10.6. The van der Waals surface area contributed by atoms with E-state index in [2.05, 4.69) is 20.4 Å². The van der Waals surface area contributed by atoms with Gasteiger partial charge in [0, 0.05) is 31.1 Å². The quantitative estimate of drug-likeness (QED) is 0.862. The fourth-order valence-electron chi connectivity index (χ4n) is 3.60. The van der Waals surface area contributed by atoms with E-state index >= 15 is 0 Å². The molecule has 2 saturated heterocycles. The summed E-state index contributed by atoms with van der Waals surface area (Å²) in [7, 11) is 0. The van der Waals surface area contributed by atoms with Gasteiger partial charge in [0.25, 0.3) is 5.89 Å². The Labute approximate surface area is 157 Å². The van der Waals surface area contributed by atoms with Crippen LogP contribution in [0.1, 0.15) is 37.4 Å². The number of nitrogens with one attached hydrogen (secondary N) is 1. The van der Waals surface area contributed by atoms with Gasteiger partial charge in [-0.15, -0.1) is 0 Å². The molecule has 0 aromatic carbocycles. The van der Waals surface area contributed by atoms with Crippen LogP contribution < -0.4 is 5.32 Å². The molecule has 1 aliphatic carbocycles. The van der Waals surface area contributed by atoms with Crippen molar-refractivity contribution in [3.63, 3.8) is 0 Å². The molecule has 1 N–H and O–H groups in total. The number of pyridine rings is 1. The van der Waals surface area contributed by atoms with E-state index in [-0.39, 0.29) is 5.92 Å². The number of likely N-dealkylation sites (tertiary alicyclic amines) is 1. The first-order chi connectivity index (χ1) is 13.3. The molecule has 4 heterocycles. The van der Waals surface area contributed by atoms with E-state index in [9.17, 15) is 4.79 Å². The summed E-state index contributed by atoms with van der Waals surface area (Å²) in [5.74, 6) is 2.92. The van der Waals surface area contributed by atoms with Gasteiger partial charge >= 0.3 is 0 Å². The van der Waals surface area contributed by atoms with Gasteiger partial charge in [-0.25, -0.2) is 4.98 Å². The third-order valence-corrected chi connectivity index (χ3v) is 5.54. The van der Waals surface area contributed by atoms with Crippen LogP contribution in [0, 0.1) is 5.92 Å². The molecular formula is C19H23N5O3. The van der Waals surface area contributed by atoms with Crippen molar-refractivity contribution in [1.29, 1.82) is 0 Å². The van der Waals surface area contributed by atoms with Gasteiger partial charge in [-0.05, 0) is 37.8 Å². The molecule has 1 amide bonds. The standard InChI is InChI=1S/C19H23N5O3/c25-19(13-1-2-13)24-7-5-12(6-8-24)17-22-18(27-23-17)14-3-4-16(20-9-14)21-15-10-26-11-15/h3-4,9,12-13,15H,1-2,5-8,10-11H2,(H,20,21). The molecule has 0 radical (unpaired) electrons. The lowest BCUT2D eigenvalue weighted by atomic mass is 9.96. The molecule has 8 nitrogen and oxygen atoms in total. The topological polar surface area (TPSA) is 93.4 Å². The lowest BCUT2D eigenvalue weighted by molar-refractivity contribution is -0.133. The molecule has 27 heavy (non-hydrogen) atoms. The van der Waals surface area contributed by atoms with Crippen LogP contribution in [0.5, 0.6) is 0 Å². The fourth-order valence-corrected chi connectivity index (χ4v) is 3.60. The molecular weight excluding hydrogens is 346 g/mol. The van der Waals surface area contributed by atoms with Crippen LogP contribution in [-0.2, 0) is 9.53 Å². The van der Waals surface area contributed by atoms with Gasteiger partial charge in [0.1, 0.15) is 5.82 Å². The maximum absolute atomic E-state index is 12.2. The highest BCUT2D eigenvalue weighted by Crippen LogP contribution is 2.34. The molecule has 3 fully saturated rings. The van der Waals surface area contributed by atoms with E-state index in [0.29, 0.717) is 23.8 Å². The molecule has 0 atom stereocenters. The van der Waals surface area contributed by atoms with E-state index in [4.69, 9.17) is 9.26 Å². The molecule has 142 valence electrons. The summed E-state index contributed by atoms with van der Waals surface area (Å²) in [6.45, 7) is 3.02. The first kappa shape index (κ1) is 16.7. The van der Waals surface area contributed by atoms with E-state index in [1.807, 2.05) is 17.0 Å². The van der Waals surface area contributed by atoms with Crippen molar-refractivity contribution < 1.29 is 14.1 Å². The van der Waals surface area contributed by atoms with Crippen molar-refractivity contribution >= 4 is 11.7 Å². The minimum absolute atomic E-state index is 0.248. The molecule has 2 aliphatic heterocycles. The normalized spacial score (nSPS) is 21.1. The van der Waals surface area contributed by atoms with E-state index < -0.39 is 0 Å².